The molecule has 20 heavy (non-hydrogen) atoms. The molecular weight excluding hydrogens is 512 g/mol. The van der Waals surface area contributed by atoms with Crippen LogP contribution in [0.4, 0.5) is 0 Å². The lowest BCUT2D eigenvalue weighted by molar-refractivity contribution is 1.06. The zero-order valence-corrected chi connectivity index (χ0v) is 17.1. The van der Waals surface area contributed by atoms with Gasteiger partial charge in [-0.15, -0.1) is 0 Å². The Hall–Kier alpha value is 0.620. The van der Waals surface area contributed by atoms with Crippen LogP contribution in [0.5, 0.6) is 0 Å². The van der Waals surface area contributed by atoms with E-state index in [0.717, 1.165) is 12.8 Å². The quantitative estimate of drug-likeness (QED) is 0.374. The second-order valence-corrected chi connectivity index (χ2v) is 13.3. The maximum absolute atomic E-state index is 3.96. The van der Waals surface area contributed by atoms with Crippen molar-refractivity contribution in [2.75, 3.05) is 0 Å². The van der Waals surface area contributed by atoms with Crippen molar-refractivity contribution in [1.82, 2.24) is 0 Å². The van der Waals surface area contributed by atoms with Crippen molar-refractivity contribution in [3.63, 3.8) is 0 Å². The van der Waals surface area contributed by atoms with E-state index in [1.165, 1.54) is 22.3 Å². The van der Waals surface area contributed by atoms with E-state index in [-0.39, 0.29) is 6.47 Å². The van der Waals surface area contributed by atoms with Gasteiger partial charge in [0.25, 0.3) is 0 Å². The summed E-state index contributed by atoms with van der Waals surface area (Å²) in [5.41, 5.74) is 5.17. The molecular formula is C16H14Br4. The van der Waals surface area contributed by atoms with Gasteiger partial charge in [-0.25, -0.2) is 0 Å². The van der Waals surface area contributed by atoms with Gasteiger partial charge in [0.05, 0.1) is 6.47 Å². The van der Waals surface area contributed by atoms with E-state index in [2.05, 4.69) is 89.0 Å². The van der Waals surface area contributed by atoms with Crippen molar-refractivity contribution >= 4 is 75.9 Å². The van der Waals surface area contributed by atoms with Crippen molar-refractivity contribution in [2.24, 2.45) is 0 Å². The molecule has 0 nitrogen and oxygen atoms in total. The molecule has 4 heteroatoms. The van der Waals surface area contributed by atoms with E-state index < -0.39 is 0 Å². The van der Waals surface area contributed by atoms with E-state index in [0.29, 0.717) is 11.8 Å². The van der Waals surface area contributed by atoms with E-state index in [1.807, 2.05) is 12.2 Å². The first kappa shape index (κ1) is 15.5. The van der Waals surface area contributed by atoms with Gasteiger partial charge in [-0.3, -0.25) is 0 Å². The van der Waals surface area contributed by atoms with E-state index in [1.54, 1.807) is 0 Å². The molecule has 0 radical (unpaired) electrons. The van der Waals surface area contributed by atoms with Crippen LogP contribution in [0.2, 0.25) is 0 Å². The number of benzene rings is 1. The average molecular weight is 526 g/mol. The topological polar surface area (TPSA) is 0 Å². The average Bonchev–Trinajstić information content (AvgIpc) is 3.23. The fourth-order valence-corrected chi connectivity index (χ4v) is 5.01. The summed E-state index contributed by atoms with van der Waals surface area (Å²) < 4.78 is 0.127. The zero-order valence-electron chi connectivity index (χ0n) is 10.8. The highest BCUT2D eigenvalue weighted by Gasteiger charge is 2.54. The Balaban J connectivity index is 2.08. The summed E-state index contributed by atoms with van der Waals surface area (Å²) >= 11 is 14.9. The summed E-state index contributed by atoms with van der Waals surface area (Å²) in [6, 6.07) is 4.56. The highest BCUT2D eigenvalue weighted by atomic mass is 79.9. The van der Waals surface area contributed by atoms with Crippen LogP contribution in [-0.2, 0) is 0 Å². The van der Waals surface area contributed by atoms with E-state index in [4.69, 9.17) is 0 Å². The molecule has 0 amide bonds. The fourth-order valence-electron chi connectivity index (χ4n) is 2.73. The monoisotopic (exact) mass is 522 g/mol. The molecule has 0 aliphatic heterocycles. The predicted molar refractivity (Wildman–Crippen MR) is 103 cm³/mol. The first-order valence-electron chi connectivity index (χ1n) is 6.48. The molecule has 2 aliphatic rings. The lowest BCUT2D eigenvalue weighted by atomic mass is 9.93. The molecule has 0 N–H and O–H groups in total. The Kier molecular flexibility index (Phi) is 3.93. The number of alkyl halides is 4. The van der Waals surface area contributed by atoms with Gasteiger partial charge in [-0.05, 0) is 41.2 Å². The molecule has 1 aromatic rings. The SMILES string of the molecule is C=Cc1cc(C=C)c([C@H]2CC2(Br)Br)cc1[C@H]1CC1(Br)Br. The van der Waals surface area contributed by atoms with Crippen LogP contribution in [0.3, 0.4) is 0 Å². The first-order chi connectivity index (χ1) is 9.30. The molecule has 0 saturated heterocycles. The van der Waals surface area contributed by atoms with Gasteiger partial charge in [-0.2, -0.15) is 0 Å². The maximum Gasteiger partial charge on any atom is 0.0881 e. The third-order valence-electron chi connectivity index (χ3n) is 4.13. The van der Waals surface area contributed by atoms with Crippen molar-refractivity contribution in [3.8, 4) is 0 Å². The van der Waals surface area contributed by atoms with Crippen molar-refractivity contribution < 1.29 is 0 Å². The third kappa shape index (κ3) is 2.66. The van der Waals surface area contributed by atoms with Gasteiger partial charge in [0.1, 0.15) is 0 Å². The van der Waals surface area contributed by atoms with Crippen LogP contribution >= 0.6 is 63.7 Å². The Bertz CT molecular complexity index is 551. The highest BCUT2D eigenvalue weighted by molar-refractivity contribution is 9.26. The lowest BCUT2D eigenvalue weighted by Crippen LogP contribution is -1.99. The Morgan fingerprint density at radius 1 is 0.850 bits per heavy atom. The third-order valence-corrected chi connectivity index (χ3v) is 7.64. The zero-order chi connectivity index (χ0) is 14.7. The molecule has 0 bridgehead atoms. The largest absolute Gasteiger partial charge is 0.0985 e. The molecule has 1 aromatic carbocycles. The van der Waals surface area contributed by atoms with Gasteiger partial charge in [0.2, 0.25) is 0 Å². The van der Waals surface area contributed by atoms with Crippen LogP contribution in [0.15, 0.2) is 25.3 Å². The van der Waals surface area contributed by atoms with Gasteiger partial charge in [0, 0.05) is 11.8 Å². The van der Waals surface area contributed by atoms with Crippen molar-refractivity contribution in [2.45, 2.75) is 31.1 Å². The van der Waals surface area contributed by atoms with Crippen molar-refractivity contribution in [3.05, 3.63) is 47.5 Å². The number of hydrogen-bond donors (Lipinski definition) is 0. The van der Waals surface area contributed by atoms with Gasteiger partial charge >= 0.3 is 0 Å². The summed E-state index contributed by atoms with van der Waals surface area (Å²) in [4.78, 5) is 0. The van der Waals surface area contributed by atoms with E-state index >= 15 is 0 Å². The summed E-state index contributed by atoms with van der Waals surface area (Å²) in [6.45, 7) is 7.92. The van der Waals surface area contributed by atoms with Crippen molar-refractivity contribution in [1.29, 1.82) is 0 Å². The molecule has 0 heterocycles. The number of rotatable bonds is 4. The Morgan fingerprint density at radius 2 is 1.20 bits per heavy atom. The normalized spacial score (nSPS) is 28.8. The van der Waals surface area contributed by atoms with E-state index in [9.17, 15) is 0 Å². The van der Waals surface area contributed by atoms with Crippen LogP contribution in [0, 0.1) is 0 Å². The minimum atomic E-state index is 0.0637. The fraction of sp³-hybridized carbons (Fsp3) is 0.375. The van der Waals surface area contributed by atoms with Crippen LogP contribution in [0.1, 0.15) is 46.9 Å². The van der Waals surface area contributed by atoms with Gasteiger partial charge in [-0.1, -0.05) is 95.1 Å². The molecule has 0 spiro atoms. The van der Waals surface area contributed by atoms with Gasteiger partial charge < -0.3 is 0 Å². The van der Waals surface area contributed by atoms with Gasteiger partial charge in [0.15, 0.2) is 0 Å². The maximum atomic E-state index is 3.96. The lowest BCUT2D eigenvalue weighted by Gasteiger charge is -2.14. The standard InChI is InChI=1S/C16H14Br4/c1-3-9-5-10(4-2)12(14-8-16(14,19)20)6-11(9)13-7-15(13,17)18/h3-6,13-14H,1-2,7-8H2/t13-,14-/m1/s1. The Labute approximate surface area is 153 Å². The van der Waals surface area contributed by atoms with Crippen LogP contribution in [-0.4, -0.2) is 6.47 Å². The molecule has 2 saturated carbocycles. The highest BCUT2D eigenvalue weighted by Crippen LogP contribution is 2.65. The minimum Gasteiger partial charge on any atom is -0.0985 e. The molecule has 2 atom stereocenters. The van der Waals surface area contributed by atoms with Crippen LogP contribution in [0.25, 0.3) is 12.2 Å². The minimum absolute atomic E-state index is 0.0637. The molecule has 106 valence electrons. The number of halogens is 4. The number of hydrogen-bond acceptors (Lipinski definition) is 0. The Morgan fingerprint density at radius 3 is 1.45 bits per heavy atom. The van der Waals surface area contributed by atoms with Crippen LogP contribution < -0.4 is 0 Å². The summed E-state index contributed by atoms with van der Waals surface area (Å²) in [7, 11) is 0. The second kappa shape index (κ2) is 5.07. The molecule has 2 fully saturated rings. The molecule has 0 unspecified atom stereocenters. The first-order valence-corrected chi connectivity index (χ1v) is 9.65. The second-order valence-electron chi connectivity index (χ2n) is 5.55. The molecule has 3 rings (SSSR count). The predicted octanol–water partition coefficient (Wildman–Crippen LogP) is 6.92. The summed E-state index contributed by atoms with van der Waals surface area (Å²) in [5.74, 6) is 1.01. The smallest absolute Gasteiger partial charge is 0.0881 e. The molecule has 2 aliphatic carbocycles. The molecule has 0 aromatic heterocycles. The summed E-state index contributed by atoms with van der Waals surface area (Å²) in [6.07, 6.45) is 6.12. The summed E-state index contributed by atoms with van der Waals surface area (Å²) in [5, 5.41) is 0.